The van der Waals surface area contributed by atoms with Gasteiger partial charge in [0.05, 0.1) is 16.4 Å². The highest BCUT2D eigenvalue weighted by molar-refractivity contribution is 7.91. The molecule has 0 aliphatic heterocycles. The number of benzene rings is 2. The molecule has 1 unspecified atom stereocenters. The number of aliphatic carboxylic acids is 1. The van der Waals surface area contributed by atoms with E-state index in [9.17, 15) is 18.3 Å². The summed E-state index contributed by atoms with van der Waals surface area (Å²) in [5.41, 5.74) is 1.19. The average molecular weight is 419 g/mol. The molecule has 1 N–H and O–H groups in total. The molecule has 0 bridgehead atoms. The predicted molar refractivity (Wildman–Crippen MR) is 110 cm³/mol. The Bertz CT molecular complexity index is 923. The highest BCUT2D eigenvalue weighted by Crippen LogP contribution is 2.17. The van der Waals surface area contributed by atoms with Crippen molar-refractivity contribution in [3.63, 3.8) is 0 Å². The molecule has 0 fully saturated rings. The van der Waals surface area contributed by atoms with Gasteiger partial charge in [-0.25, -0.2) is 8.42 Å². The second-order valence-corrected chi connectivity index (χ2v) is 8.48. The Hall–Kier alpha value is -2.87. The number of hydrogen-bond donors (Lipinski definition) is 1. The third-order valence-electron chi connectivity index (χ3n) is 4.23. The van der Waals surface area contributed by atoms with Crippen LogP contribution < -0.4 is 4.74 Å². The predicted octanol–water partition coefficient (Wildman–Crippen LogP) is 3.20. The maximum atomic E-state index is 12.2. The average Bonchev–Trinajstić information content (AvgIpc) is 2.71. The summed E-state index contributed by atoms with van der Waals surface area (Å²) in [5, 5.41) is 13.2. The molecule has 1 atom stereocenters. The number of carboxylic acid groups (broad SMARTS) is 1. The SMILES string of the molecule is CCO/N=C(/C)C(Cc1ccc(OCCS(=O)(=O)c2ccccc2)cc1)C(=O)O. The molecule has 0 spiro atoms. The first-order valence-electron chi connectivity index (χ1n) is 9.22. The molecule has 2 rings (SSSR count). The summed E-state index contributed by atoms with van der Waals surface area (Å²) in [5.74, 6) is -1.38. The van der Waals surface area contributed by atoms with Gasteiger partial charge in [-0.1, -0.05) is 35.5 Å². The first-order valence-corrected chi connectivity index (χ1v) is 10.9. The van der Waals surface area contributed by atoms with E-state index in [1.54, 1.807) is 68.4 Å². The smallest absolute Gasteiger partial charge is 0.312 e. The highest BCUT2D eigenvalue weighted by Gasteiger charge is 2.22. The van der Waals surface area contributed by atoms with Crippen LogP contribution in [0.1, 0.15) is 19.4 Å². The van der Waals surface area contributed by atoms with E-state index in [1.807, 2.05) is 0 Å². The number of nitrogens with zero attached hydrogens (tertiary/aromatic N) is 1. The molecular formula is C21H25NO6S. The van der Waals surface area contributed by atoms with Crippen molar-refractivity contribution in [2.75, 3.05) is 19.0 Å². The van der Waals surface area contributed by atoms with Crippen LogP contribution in [0.3, 0.4) is 0 Å². The van der Waals surface area contributed by atoms with E-state index in [-0.39, 0.29) is 23.7 Å². The summed E-state index contributed by atoms with van der Waals surface area (Å²) in [6.45, 7) is 3.79. The van der Waals surface area contributed by atoms with E-state index >= 15 is 0 Å². The summed E-state index contributed by atoms with van der Waals surface area (Å²) >= 11 is 0. The van der Waals surface area contributed by atoms with Gasteiger partial charge < -0.3 is 14.7 Å². The molecule has 7 nitrogen and oxygen atoms in total. The van der Waals surface area contributed by atoms with Crippen molar-refractivity contribution in [3.05, 3.63) is 60.2 Å². The fourth-order valence-corrected chi connectivity index (χ4v) is 3.73. The van der Waals surface area contributed by atoms with E-state index in [0.29, 0.717) is 18.1 Å². The quantitative estimate of drug-likeness (QED) is 0.443. The summed E-state index contributed by atoms with van der Waals surface area (Å²) in [6, 6.07) is 15.1. The van der Waals surface area contributed by atoms with Gasteiger partial charge >= 0.3 is 5.97 Å². The molecule has 0 aromatic heterocycles. The molecule has 8 heteroatoms. The standard InChI is InChI=1S/C21H25NO6S/c1-3-28-22-16(2)20(21(23)24)15-17-9-11-18(12-10-17)27-13-14-29(25,26)19-7-5-4-6-8-19/h4-12,20H,3,13-15H2,1-2H3,(H,23,24)/b22-16-. The van der Waals surface area contributed by atoms with Crippen molar-refractivity contribution in [2.45, 2.75) is 25.2 Å². The lowest BCUT2D eigenvalue weighted by molar-refractivity contribution is -0.139. The van der Waals surface area contributed by atoms with Crippen LogP contribution >= 0.6 is 0 Å². The Morgan fingerprint density at radius 2 is 1.76 bits per heavy atom. The van der Waals surface area contributed by atoms with Crippen LogP contribution in [-0.2, 0) is 25.9 Å². The van der Waals surface area contributed by atoms with Gasteiger partial charge in [0.15, 0.2) is 9.84 Å². The fourth-order valence-electron chi connectivity index (χ4n) is 2.62. The first kappa shape index (κ1) is 22.4. The number of carboxylic acids is 1. The van der Waals surface area contributed by atoms with Crippen LogP contribution in [0, 0.1) is 5.92 Å². The number of ether oxygens (including phenoxy) is 1. The summed E-state index contributed by atoms with van der Waals surface area (Å²) in [6.07, 6.45) is 0.264. The Labute approximate surface area is 170 Å². The normalized spacial score (nSPS) is 13.0. The lowest BCUT2D eigenvalue weighted by Crippen LogP contribution is -2.24. The maximum Gasteiger partial charge on any atom is 0.312 e. The molecular weight excluding hydrogens is 394 g/mol. The number of carbonyl (C=O) groups is 1. The van der Waals surface area contributed by atoms with Gasteiger partial charge in [0.1, 0.15) is 24.9 Å². The van der Waals surface area contributed by atoms with Crippen molar-refractivity contribution in [3.8, 4) is 5.75 Å². The van der Waals surface area contributed by atoms with Crippen molar-refractivity contribution in [2.24, 2.45) is 11.1 Å². The molecule has 0 saturated heterocycles. The molecule has 0 aliphatic carbocycles. The minimum Gasteiger partial charge on any atom is -0.493 e. The zero-order chi connectivity index (χ0) is 21.3. The molecule has 0 saturated carbocycles. The number of rotatable bonds is 11. The van der Waals surface area contributed by atoms with E-state index in [2.05, 4.69) is 5.16 Å². The monoisotopic (exact) mass is 419 g/mol. The summed E-state index contributed by atoms with van der Waals surface area (Å²) in [7, 11) is -3.40. The molecule has 0 aliphatic rings. The third-order valence-corrected chi connectivity index (χ3v) is 5.92. The maximum absolute atomic E-state index is 12.2. The molecule has 2 aromatic rings. The van der Waals surface area contributed by atoms with E-state index < -0.39 is 21.7 Å². The largest absolute Gasteiger partial charge is 0.493 e. The number of sulfone groups is 1. The van der Waals surface area contributed by atoms with E-state index in [1.165, 1.54) is 0 Å². The fraction of sp³-hybridized carbons (Fsp3) is 0.333. The van der Waals surface area contributed by atoms with Gasteiger partial charge in [-0.05, 0) is 50.1 Å². The second-order valence-electron chi connectivity index (χ2n) is 6.37. The zero-order valence-corrected chi connectivity index (χ0v) is 17.3. The minimum absolute atomic E-state index is 0.0223. The minimum atomic E-state index is -3.40. The van der Waals surface area contributed by atoms with Crippen molar-refractivity contribution in [1.82, 2.24) is 0 Å². The third kappa shape index (κ3) is 6.90. The van der Waals surface area contributed by atoms with Crippen LogP contribution in [0.5, 0.6) is 5.75 Å². The van der Waals surface area contributed by atoms with E-state index in [4.69, 9.17) is 9.57 Å². The summed E-state index contributed by atoms with van der Waals surface area (Å²) < 4.78 is 30.0. The van der Waals surface area contributed by atoms with Crippen molar-refractivity contribution in [1.29, 1.82) is 0 Å². The van der Waals surface area contributed by atoms with Gasteiger partial charge in [-0.2, -0.15) is 0 Å². The molecule has 0 radical (unpaired) electrons. The lowest BCUT2D eigenvalue weighted by Gasteiger charge is -2.13. The Balaban J connectivity index is 1.93. The molecule has 0 amide bonds. The Morgan fingerprint density at radius 1 is 1.10 bits per heavy atom. The van der Waals surface area contributed by atoms with Gasteiger partial charge in [0.25, 0.3) is 0 Å². The van der Waals surface area contributed by atoms with Crippen LogP contribution in [0.2, 0.25) is 0 Å². The topological polar surface area (TPSA) is 102 Å². The molecule has 29 heavy (non-hydrogen) atoms. The number of oxime groups is 1. The lowest BCUT2D eigenvalue weighted by atomic mass is 9.95. The second kappa shape index (κ2) is 10.6. The Kier molecular flexibility index (Phi) is 8.21. The zero-order valence-electron chi connectivity index (χ0n) is 16.4. The van der Waals surface area contributed by atoms with Crippen LogP contribution in [-0.4, -0.2) is 44.2 Å². The summed E-state index contributed by atoms with van der Waals surface area (Å²) in [4.78, 5) is 16.7. The van der Waals surface area contributed by atoms with Gasteiger partial charge in [-0.3, -0.25) is 4.79 Å². The van der Waals surface area contributed by atoms with Crippen molar-refractivity contribution >= 4 is 21.5 Å². The number of hydrogen-bond acceptors (Lipinski definition) is 6. The van der Waals surface area contributed by atoms with Gasteiger partial charge in [0.2, 0.25) is 0 Å². The highest BCUT2D eigenvalue weighted by atomic mass is 32.2. The molecule has 0 heterocycles. The van der Waals surface area contributed by atoms with Crippen LogP contribution in [0.4, 0.5) is 0 Å². The Morgan fingerprint density at radius 3 is 2.34 bits per heavy atom. The van der Waals surface area contributed by atoms with Gasteiger partial charge in [-0.15, -0.1) is 0 Å². The first-order chi connectivity index (χ1) is 13.8. The van der Waals surface area contributed by atoms with Crippen molar-refractivity contribution < 1.29 is 27.9 Å². The molecule has 156 valence electrons. The van der Waals surface area contributed by atoms with Gasteiger partial charge in [0, 0.05) is 0 Å². The van der Waals surface area contributed by atoms with Crippen LogP contribution in [0.25, 0.3) is 0 Å². The molecule has 2 aromatic carbocycles. The van der Waals surface area contributed by atoms with E-state index in [0.717, 1.165) is 5.56 Å². The van der Waals surface area contributed by atoms with Crippen LogP contribution in [0.15, 0.2) is 64.6 Å².